The summed E-state index contributed by atoms with van der Waals surface area (Å²) in [5.41, 5.74) is 3.00. The Labute approximate surface area is 153 Å². The van der Waals surface area contributed by atoms with E-state index in [0.29, 0.717) is 6.54 Å². The number of rotatable bonds is 6. The minimum absolute atomic E-state index is 0.103. The van der Waals surface area contributed by atoms with Gasteiger partial charge >= 0.3 is 0 Å². The van der Waals surface area contributed by atoms with E-state index in [4.69, 9.17) is 5.14 Å². The highest BCUT2D eigenvalue weighted by Crippen LogP contribution is 2.22. The summed E-state index contributed by atoms with van der Waals surface area (Å²) in [7, 11) is -1.65. The number of hydrogen-bond donors (Lipinski definition) is 1. The maximum absolute atomic E-state index is 11.4. The van der Waals surface area contributed by atoms with Gasteiger partial charge in [0, 0.05) is 18.8 Å². The van der Waals surface area contributed by atoms with Gasteiger partial charge in [0.05, 0.1) is 16.3 Å². The lowest BCUT2D eigenvalue weighted by atomic mass is 10.1. The van der Waals surface area contributed by atoms with E-state index in [1.54, 1.807) is 24.3 Å². The lowest BCUT2D eigenvalue weighted by molar-refractivity contribution is 0.249. The van der Waals surface area contributed by atoms with Crippen LogP contribution in [-0.2, 0) is 16.6 Å². The smallest absolute Gasteiger partial charge is 0.238 e. The van der Waals surface area contributed by atoms with Crippen molar-refractivity contribution in [2.75, 3.05) is 7.05 Å². The van der Waals surface area contributed by atoms with E-state index in [9.17, 15) is 8.42 Å². The molecule has 0 fully saturated rings. The summed E-state index contributed by atoms with van der Waals surface area (Å²) in [5.74, 6) is 0. The number of aromatic nitrogens is 2. The Morgan fingerprint density at radius 1 is 1.08 bits per heavy atom. The van der Waals surface area contributed by atoms with Crippen molar-refractivity contribution in [3.63, 3.8) is 0 Å². The van der Waals surface area contributed by atoms with Gasteiger partial charge in [-0.1, -0.05) is 30.3 Å². The van der Waals surface area contributed by atoms with Gasteiger partial charge < -0.3 is 0 Å². The van der Waals surface area contributed by atoms with Crippen LogP contribution in [0.25, 0.3) is 5.69 Å². The van der Waals surface area contributed by atoms with E-state index in [1.165, 1.54) is 0 Å². The highest BCUT2D eigenvalue weighted by atomic mass is 32.2. The average Bonchev–Trinajstić information content (AvgIpc) is 3.09. The summed E-state index contributed by atoms with van der Waals surface area (Å²) in [6.45, 7) is 2.75. The van der Waals surface area contributed by atoms with E-state index in [0.717, 1.165) is 16.9 Å². The number of primary sulfonamides is 1. The summed E-state index contributed by atoms with van der Waals surface area (Å²) in [5, 5.41) is 9.77. The molecular weight excluding hydrogens is 348 g/mol. The molecule has 0 saturated heterocycles. The van der Waals surface area contributed by atoms with Crippen LogP contribution in [0.5, 0.6) is 0 Å². The van der Waals surface area contributed by atoms with E-state index < -0.39 is 10.0 Å². The number of para-hydroxylation sites is 1. The molecular formula is C19H22N4O2S. The summed E-state index contributed by atoms with van der Waals surface area (Å²) in [6, 6.07) is 18.7. The zero-order valence-electron chi connectivity index (χ0n) is 14.8. The van der Waals surface area contributed by atoms with Gasteiger partial charge in [-0.3, -0.25) is 4.90 Å². The topological polar surface area (TPSA) is 81.2 Å². The van der Waals surface area contributed by atoms with Crippen molar-refractivity contribution in [1.82, 2.24) is 14.7 Å². The quantitative estimate of drug-likeness (QED) is 0.723. The molecule has 3 rings (SSSR count). The van der Waals surface area contributed by atoms with Crippen LogP contribution in [0.15, 0.2) is 71.8 Å². The molecule has 2 aromatic carbocycles. The second kappa shape index (κ2) is 7.41. The molecule has 0 aliphatic rings. The molecule has 0 saturated carbocycles. The number of benzene rings is 2. The highest BCUT2D eigenvalue weighted by Gasteiger charge is 2.15. The monoisotopic (exact) mass is 370 g/mol. The third-order valence-corrected chi connectivity index (χ3v) is 5.36. The van der Waals surface area contributed by atoms with Crippen molar-refractivity contribution in [1.29, 1.82) is 0 Å². The molecule has 0 spiro atoms. The van der Waals surface area contributed by atoms with Gasteiger partial charge in [-0.15, -0.1) is 0 Å². The Morgan fingerprint density at radius 2 is 1.73 bits per heavy atom. The van der Waals surface area contributed by atoms with Crippen molar-refractivity contribution in [3.05, 3.63) is 78.1 Å². The number of nitrogens with zero attached hydrogens (tertiary/aromatic N) is 3. The predicted molar refractivity (Wildman–Crippen MR) is 101 cm³/mol. The second-order valence-corrected chi connectivity index (χ2v) is 7.85. The summed E-state index contributed by atoms with van der Waals surface area (Å²) in [4.78, 5) is 2.28. The summed E-state index contributed by atoms with van der Waals surface area (Å²) in [6.07, 6.45) is 1.95. The van der Waals surface area contributed by atoms with Gasteiger partial charge in [0.15, 0.2) is 0 Å². The van der Waals surface area contributed by atoms with Gasteiger partial charge in [0.2, 0.25) is 10.0 Å². The molecule has 0 bridgehead atoms. The maximum atomic E-state index is 11.4. The molecule has 7 heteroatoms. The van der Waals surface area contributed by atoms with Crippen LogP contribution >= 0.6 is 0 Å². The van der Waals surface area contributed by atoms with Crippen molar-refractivity contribution in [3.8, 4) is 5.69 Å². The Balaban J connectivity index is 1.70. The fraction of sp³-hybridized carbons (Fsp3) is 0.211. The molecule has 0 radical (unpaired) electrons. The van der Waals surface area contributed by atoms with Crippen LogP contribution in [0.2, 0.25) is 0 Å². The van der Waals surface area contributed by atoms with Gasteiger partial charge in [-0.05, 0) is 49.9 Å². The fourth-order valence-corrected chi connectivity index (χ4v) is 3.27. The Morgan fingerprint density at radius 3 is 2.35 bits per heavy atom. The molecule has 1 heterocycles. The van der Waals surface area contributed by atoms with Crippen LogP contribution < -0.4 is 5.14 Å². The van der Waals surface area contributed by atoms with Gasteiger partial charge in [-0.2, -0.15) is 5.10 Å². The van der Waals surface area contributed by atoms with Crippen molar-refractivity contribution in [2.45, 2.75) is 24.4 Å². The highest BCUT2D eigenvalue weighted by molar-refractivity contribution is 7.89. The van der Waals surface area contributed by atoms with Crippen molar-refractivity contribution >= 4 is 10.0 Å². The molecule has 0 aliphatic carbocycles. The predicted octanol–water partition coefficient (Wildman–Crippen LogP) is 2.71. The Bertz CT molecular complexity index is 966. The summed E-state index contributed by atoms with van der Waals surface area (Å²) >= 11 is 0. The molecule has 0 aliphatic heterocycles. The molecule has 136 valence electrons. The van der Waals surface area contributed by atoms with Crippen LogP contribution in [0.1, 0.15) is 24.2 Å². The molecule has 1 atom stereocenters. The maximum Gasteiger partial charge on any atom is 0.238 e. The third-order valence-electron chi connectivity index (χ3n) is 4.43. The zero-order valence-corrected chi connectivity index (χ0v) is 15.6. The number of nitrogens with two attached hydrogens (primary N) is 1. The van der Waals surface area contributed by atoms with Crippen LogP contribution in [0.4, 0.5) is 0 Å². The van der Waals surface area contributed by atoms with Crippen LogP contribution in [0, 0.1) is 0 Å². The van der Waals surface area contributed by atoms with E-state index >= 15 is 0 Å². The Kier molecular flexibility index (Phi) is 5.22. The normalized spacial score (nSPS) is 13.1. The first-order chi connectivity index (χ1) is 12.3. The minimum atomic E-state index is -3.66. The molecule has 26 heavy (non-hydrogen) atoms. The Hall–Kier alpha value is -2.48. The van der Waals surface area contributed by atoms with E-state index in [1.807, 2.05) is 54.3 Å². The zero-order chi connectivity index (χ0) is 18.7. The molecule has 1 aromatic heterocycles. The van der Waals surface area contributed by atoms with Gasteiger partial charge in [0.25, 0.3) is 0 Å². The number of hydrogen-bond acceptors (Lipinski definition) is 4. The first-order valence-corrected chi connectivity index (χ1v) is 9.82. The molecule has 1 unspecified atom stereocenters. The van der Waals surface area contributed by atoms with Crippen molar-refractivity contribution in [2.24, 2.45) is 5.14 Å². The lowest BCUT2D eigenvalue weighted by Crippen LogP contribution is -2.22. The van der Waals surface area contributed by atoms with Gasteiger partial charge in [0.1, 0.15) is 0 Å². The van der Waals surface area contributed by atoms with Crippen LogP contribution in [0.3, 0.4) is 0 Å². The first-order valence-electron chi connectivity index (χ1n) is 8.27. The molecule has 2 N–H and O–H groups in total. The molecule has 0 amide bonds. The van der Waals surface area contributed by atoms with Crippen LogP contribution in [-0.4, -0.2) is 30.1 Å². The molecule has 6 nitrogen and oxygen atoms in total. The third kappa shape index (κ3) is 4.19. The summed E-state index contributed by atoms with van der Waals surface area (Å²) < 4.78 is 24.6. The number of sulfonamides is 1. The minimum Gasteiger partial charge on any atom is -0.294 e. The lowest BCUT2D eigenvalue weighted by Gasteiger charge is -2.24. The van der Waals surface area contributed by atoms with Crippen molar-refractivity contribution < 1.29 is 8.42 Å². The average molecular weight is 370 g/mol. The fourth-order valence-electron chi connectivity index (χ4n) is 2.75. The first kappa shape index (κ1) is 18.3. The standard InChI is InChI=1S/C19H22N4O2S/c1-15(16-8-10-19(11-9-16)26(20,24)25)22(2)14-17-12-13-23(21-17)18-6-4-3-5-7-18/h3-13,15H,14H2,1-2H3,(H2,20,24,25). The van der Waals surface area contributed by atoms with E-state index in [-0.39, 0.29) is 10.9 Å². The molecule has 3 aromatic rings. The largest absolute Gasteiger partial charge is 0.294 e. The van der Waals surface area contributed by atoms with Gasteiger partial charge in [-0.25, -0.2) is 18.2 Å². The van der Waals surface area contributed by atoms with E-state index in [2.05, 4.69) is 16.9 Å². The second-order valence-electron chi connectivity index (χ2n) is 6.29. The SMILES string of the molecule is CC(c1ccc(S(N)(=O)=O)cc1)N(C)Cc1ccn(-c2ccccc2)n1.